The molecule has 1 N–H and O–H groups in total. The summed E-state index contributed by atoms with van der Waals surface area (Å²) in [7, 11) is 0. The Kier molecular flexibility index (Phi) is 2.65. The van der Waals surface area contributed by atoms with Crippen LogP contribution < -0.4 is 0 Å². The topological polar surface area (TPSA) is 98.0 Å². The minimum absolute atomic E-state index is 0.107. The molecule has 2 rings (SSSR count). The van der Waals surface area contributed by atoms with Gasteiger partial charge in [-0.3, -0.25) is 4.79 Å². The van der Waals surface area contributed by atoms with Crippen LogP contribution in [0.4, 0.5) is 0 Å². The summed E-state index contributed by atoms with van der Waals surface area (Å²) in [5.74, 6) is -1.42. The number of nitrogens with zero attached hydrogens (tertiary/aromatic N) is 4. The molecule has 17 heavy (non-hydrogen) atoms. The molecular weight excluding hydrogens is 224 g/mol. The first-order chi connectivity index (χ1) is 8.09. The number of carboxylic acid groups (broad SMARTS) is 1. The number of ketones is 1. The largest absolute Gasteiger partial charge is 0.478 e. The fourth-order valence-electron chi connectivity index (χ4n) is 1.30. The molecule has 0 saturated heterocycles. The van der Waals surface area contributed by atoms with E-state index in [0.717, 1.165) is 0 Å². The Morgan fingerprint density at radius 2 is 1.94 bits per heavy atom. The minimum atomic E-state index is -1.21. The highest BCUT2D eigenvalue weighted by Gasteiger charge is 2.19. The van der Waals surface area contributed by atoms with E-state index >= 15 is 0 Å². The Morgan fingerprint density at radius 3 is 2.41 bits per heavy atom. The van der Waals surface area contributed by atoms with Gasteiger partial charge < -0.3 is 5.11 Å². The zero-order valence-electron chi connectivity index (χ0n) is 8.86. The van der Waals surface area contributed by atoms with E-state index in [-0.39, 0.29) is 17.2 Å². The Morgan fingerprint density at radius 1 is 1.29 bits per heavy atom. The van der Waals surface area contributed by atoms with Crippen molar-refractivity contribution < 1.29 is 14.7 Å². The lowest BCUT2D eigenvalue weighted by molar-refractivity contribution is 0.0692. The van der Waals surface area contributed by atoms with Gasteiger partial charge in [0.25, 0.3) is 0 Å². The third-order valence-electron chi connectivity index (χ3n) is 2.04. The first kappa shape index (κ1) is 10.9. The Bertz CT molecular complexity index is 545. The van der Waals surface area contributed by atoms with Crippen LogP contribution in [0.5, 0.6) is 0 Å². The highest BCUT2D eigenvalue weighted by Crippen LogP contribution is 2.10. The second-order valence-corrected chi connectivity index (χ2v) is 3.25. The number of carboxylic acids is 1. The summed E-state index contributed by atoms with van der Waals surface area (Å²) in [6, 6.07) is 1.62. The van der Waals surface area contributed by atoms with Crippen LogP contribution in [0.3, 0.4) is 0 Å². The summed E-state index contributed by atoms with van der Waals surface area (Å²) >= 11 is 0. The lowest BCUT2D eigenvalue weighted by Gasteiger charge is -1.95. The van der Waals surface area contributed by atoms with E-state index in [9.17, 15) is 9.59 Å². The molecule has 2 heterocycles. The van der Waals surface area contributed by atoms with Crippen molar-refractivity contribution >= 4 is 11.8 Å². The van der Waals surface area contributed by atoms with Gasteiger partial charge in [0.15, 0.2) is 5.78 Å². The predicted molar refractivity (Wildman–Crippen MR) is 56.1 cm³/mol. The second-order valence-electron chi connectivity index (χ2n) is 3.25. The quantitative estimate of drug-likeness (QED) is 0.776. The SMILES string of the molecule is CC(=O)c1nn(-c2ncccn2)cc1C(=O)O. The second kappa shape index (κ2) is 4.12. The van der Waals surface area contributed by atoms with E-state index in [1.807, 2.05) is 0 Å². The van der Waals surface area contributed by atoms with E-state index in [1.54, 1.807) is 6.07 Å². The first-order valence-corrected chi connectivity index (χ1v) is 4.71. The van der Waals surface area contributed by atoms with Crippen molar-refractivity contribution in [1.29, 1.82) is 0 Å². The van der Waals surface area contributed by atoms with Crippen molar-refractivity contribution in [3.05, 3.63) is 35.9 Å². The maximum atomic E-state index is 11.2. The summed E-state index contributed by atoms with van der Waals surface area (Å²) in [5, 5.41) is 12.8. The van der Waals surface area contributed by atoms with Crippen molar-refractivity contribution in [2.24, 2.45) is 0 Å². The van der Waals surface area contributed by atoms with Crippen LogP contribution in [-0.4, -0.2) is 36.6 Å². The molecule has 0 amide bonds. The van der Waals surface area contributed by atoms with Crippen LogP contribution in [0, 0.1) is 0 Å². The summed E-state index contributed by atoms with van der Waals surface area (Å²) in [6.07, 6.45) is 4.21. The Hall–Kier alpha value is -2.57. The van der Waals surface area contributed by atoms with Crippen molar-refractivity contribution in [2.75, 3.05) is 0 Å². The molecule has 0 aliphatic heterocycles. The molecule has 0 spiro atoms. The van der Waals surface area contributed by atoms with Gasteiger partial charge in [-0.05, 0) is 6.07 Å². The minimum Gasteiger partial charge on any atom is -0.478 e. The maximum absolute atomic E-state index is 11.2. The van der Waals surface area contributed by atoms with Gasteiger partial charge in [0, 0.05) is 25.5 Å². The average molecular weight is 232 g/mol. The highest BCUT2D eigenvalue weighted by molar-refractivity contribution is 6.03. The molecular formula is C10H8N4O3. The number of hydrogen-bond donors (Lipinski definition) is 1. The number of rotatable bonds is 3. The van der Waals surface area contributed by atoms with Crippen molar-refractivity contribution in [3.8, 4) is 5.95 Å². The number of carbonyl (C=O) groups is 2. The number of hydrogen-bond acceptors (Lipinski definition) is 5. The lowest BCUT2D eigenvalue weighted by Crippen LogP contribution is -2.04. The fourth-order valence-corrected chi connectivity index (χ4v) is 1.30. The van der Waals surface area contributed by atoms with Gasteiger partial charge in [0.05, 0.1) is 0 Å². The van der Waals surface area contributed by atoms with Crippen molar-refractivity contribution in [1.82, 2.24) is 19.7 Å². The van der Waals surface area contributed by atoms with Crippen molar-refractivity contribution in [3.63, 3.8) is 0 Å². The smallest absolute Gasteiger partial charge is 0.339 e. The van der Waals surface area contributed by atoms with E-state index in [0.29, 0.717) is 0 Å². The lowest BCUT2D eigenvalue weighted by atomic mass is 10.2. The molecule has 2 aromatic heterocycles. The third kappa shape index (κ3) is 2.03. The van der Waals surface area contributed by atoms with Crippen LogP contribution in [0.25, 0.3) is 5.95 Å². The van der Waals surface area contributed by atoms with Gasteiger partial charge >= 0.3 is 5.97 Å². The molecule has 7 nitrogen and oxygen atoms in total. The van der Waals surface area contributed by atoms with Gasteiger partial charge in [0.2, 0.25) is 5.95 Å². The van der Waals surface area contributed by atoms with E-state index in [2.05, 4.69) is 15.1 Å². The Balaban J connectivity index is 2.55. The highest BCUT2D eigenvalue weighted by atomic mass is 16.4. The van der Waals surface area contributed by atoms with Gasteiger partial charge in [-0.2, -0.15) is 5.10 Å². The van der Waals surface area contributed by atoms with Crippen LogP contribution in [0.2, 0.25) is 0 Å². The van der Waals surface area contributed by atoms with Crippen LogP contribution in [-0.2, 0) is 0 Å². The van der Waals surface area contributed by atoms with Crippen molar-refractivity contribution in [2.45, 2.75) is 6.92 Å². The molecule has 0 unspecified atom stereocenters. The number of Topliss-reactive ketones (excluding diaryl/α,β-unsaturated/α-hetero) is 1. The van der Waals surface area contributed by atoms with E-state index in [1.165, 1.54) is 30.2 Å². The molecule has 0 atom stereocenters. The average Bonchev–Trinajstić information content (AvgIpc) is 2.75. The molecule has 0 aromatic carbocycles. The summed E-state index contributed by atoms with van der Waals surface area (Å²) in [5.41, 5.74) is -0.269. The van der Waals surface area contributed by atoms with Gasteiger partial charge in [0.1, 0.15) is 11.3 Å². The zero-order chi connectivity index (χ0) is 12.4. The fraction of sp³-hybridized carbons (Fsp3) is 0.100. The van der Waals surface area contributed by atoms with Crippen LogP contribution in [0.15, 0.2) is 24.7 Å². The Labute approximate surface area is 95.7 Å². The van der Waals surface area contributed by atoms with Gasteiger partial charge in [-0.1, -0.05) is 0 Å². The number of aromatic nitrogens is 4. The molecule has 7 heteroatoms. The molecule has 0 aliphatic rings. The zero-order valence-corrected chi connectivity index (χ0v) is 8.86. The molecule has 0 bridgehead atoms. The predicted octanol–water partition coefficient (Wildman–Crippen LogP) is 0.563. The summed E-state index contributed by atoms with van der Waals surface area (Å²) in [4.78, 5) is 30.0. The van der Waals surface area contributed by atoms with Gasteiger partial charge in [-0.25, -0.2) is 19.4 Å². The molecule has 86 valence electrons. The van der Waals surface area contributed by atoms with Crippen LogP contribution >= 0.6 is 0 Å². The number of carbonyl (C=O) groups excluding carboxylic acids is 1. The molecule has 0 radical (unpaired) electrons. The van der Waals surface area contributed by atoms with E-state index in [4.69, 9.17) is 5.11 Å². The summed E-state index contributed by atoms with van der Waals surface area (Å²) in [6.45, 7) is 1.25. The molecule has 0 aliphatic carbocycles. The standard InChI is InChI=1S/C10H8N4O3/c1-6(15)8-7(9(16)17)5-14(13-8)10-11-3-2-4-12-10/h2-5H,1H3,(H,16,17). The summed E-state index contributed by atoms with van der Waals surface area (Å²) < 4.78 is 1.17. The maximum Gasteiger partial charge on any atom is 0.339 e. The van der Waals surface area contributed by atoms with Crippen LogP contribution in [0.1, 0.15) is 27.8 Å². The van der Waals surface area contributed by atoms with Gasteiger partial charge in [-0.15, -0.1) is 0 Å². The monoisotopic (exact) mass is 232 g/mol. The normalized spacial score (nSPS) is 10.2. The third-order valence-corrected chi connectivity index (χ3v) is 2.04. The molecule has 0 saturated carbocycles. The molecule has 2 aromatic rings. The van der Waals surface area contributed by atoms with E-state index < -0.39 is 11.8 Å². The molecule has 0 fully saturated rings. The number of aromatic carboxylic acids is 1. The first-order valence-electron chi connectivity index (χ1n) is 4.71.